The Labute approximate surface area is 128 Å². The molecular formula is C16H19N5O. The highest BCUT2D eigenvalue weighted by atomic mass is 16.5. The number of hydrogen-bond acceptors (Lipinski definition) is 5. The van der Waals surface area contributed by atoms with Crippen LogP contribution in [0.3, 0.4) is 0 Å². The van der Waals surface area contributed by atoms with Crippen molar-refractivity contribution in [2.75, 3.05) is 13.6 Å². The zero-order valence-corrected chi connectivity index (χ0v) is 12.6. The second-order valence-electron chi connectivity index (χ2n) is 5.89. The number of likely N-dealkylation sites (tertiary alicyclic amines) is 1. The van der Waals surface area contributed by atoms with Crippen molar-refractivity contribution in [2.45, 2.75) is 31.7 Å². The van der Waals surface area contributed by atoms with Gasteiger partial charge in [-0.05, 0) is 38.6 Å². The third-order valence-corrected chi connectivity index (χ3v) is 4.34. The first-order chi connectivity index (χ1) is 10.8. The Morgan fingerprint density at radius 2 is 2.14 bits per heavy atom. The van der Waals surface area contributed by atoms with Crippen LogP contribution >= 0.6 is 0 Å². The fourth-order valence-corrected chi connectivity index (χ4v) is 3.08. The van der Waals surface area contributed by atoms with Gasteiger partial charge in [-0.3, -0.25) is 4.90 Å². The molecule has 3 aromatic rings. The van der Waals surface area contributed by atoms with Crippen LogP contribution in [-0.4, -0.2) is 38.0 Å². The monoisotopic (exact) mass is 297 g/mol. The van der Waals surface area contributed by atoms with Crippen molar-refractivity contribution >= 4 is 5.65 Å². The van der Waals surface area contributed by atoms with Crippen molar-refractivity contribution < 1.29 is 4.52 Å². The molecule has 4 heterocycles. The first-order valence-corrected chi connectivity index (χ1v) is 7.79. The molecule has 22 heavy (non-hydrogen) atoms. The van der Waals surface area contributed by atoms with E-state index in [0.29, 0.717) is 11.7 Å². The Kier molecular flexibility index (Phi) is 3.38. The third kappa shape index (κ3) is 2.39. The van der Waals surface area contributed by atoms with Crippen LogP contribution in [0.1, 0.15) is 37.6 Å². The second kappa shape index (κ2) is 5.53. The van der Waals surface area contributed by atoms with Crippen LogP contribution in [0.15, 0.2) is 35.1 Å². The van der Waals surface area contributed by atoms with Gasteiger partial charge in [0.1, 0.15) is 11.3 Å². The van der Waals surface area contributed by atoms with E-state index in [-0.39, 0.29) is 6.04 Å². The normalized spacial score (nSPS) is 20.3. The summed E-state index contributed by atoms with van der Waals surface area (Å²) in [5, 5.41) is 4.13. The molecule has 0 saturated carbocycles. The van der Waals surface area contributed by atoms with Gasteiger partial charge in [-0.25, -0.2) is 4.98 Å². The molecule has 114 valence electrons. The maximum Gasteiger partial charge on any atom is 0.244 e. The first-order valence-electron chi connectivity index (χ1n) is 7.79. The first kappa shape index (κ1) is 13.5. The van der Waals surface area contributed by atoms with Crippen molar-refractivity contribution in [2.24, 2.45) is 0 Å². The summed E-state index contributed by atoms with van der Waals surface area (Å²) >= 11 is 0. The van der Waals surface area contributed by atoms with Gasteiger partial charge in [-0.15, -0.1) is 0 Å². The molecule has 0 unspecified atom stereocenters. The highest BCUT2D eigenvalue weighted by Gasteiger charge is 2.25. The van der Waals surface area contributed by atoms with Crippen LogP contribution in [-0.2, 0) is 0 Å². The van der Waals surface area contributed by atoms with Gasteiger partial charge in [0, 0.05) is 12.4 Å². The quantitative estimate of drug-likeness (QED) is 0.728. The Balaban J connectivity index is 1.65. The lowest BCUT2D eigenvalue weighted by molar-refractivity contribution is 0.198. The largest absolute Gasteiger partial charge is 0.337 e. The molecule has 0 aliphatic carbocycles. The number of rotatable bonds is 2. The minimum absolute atomic E-state index is 0.223. The van der Waals surface area contributed by atoms with Crippen molar-refractivity contribution in [3.05, 3.63) is 36.5 Å². The minimum Gasteiger partial charge on any atom is -0.337 e. The van der Waals surface area contributed by atoms with Crippen molar-refractivity contribution in [3.8, 4) is 11.5 Å². The molecule has 1 fully saturated rings. The fraction of sp³-hybridized carbons (Fsp3) is 0.438. The zero-order valence-electron chi connectivity index (χ0n) is 12.6. The van der Waals surface area contributed by atoms with Gasteiger partial charge in [0.2, 0.25) is 11.7 Å². The van der Waals surface area contributed by atoms with Gasteiger partial charge in [-0.1, -0.05) is 24.1 Å². The number of imidazole rings is 1. The average molecular weight is 297 g/mol. The molecule has 1 aliphatic rings. The van der Waals surface area contributed by atoms with Gasteiger partial charge in [0.15, 0.2) is 0 Å². The smallest absolute Gasteiger partial charge is 0.244 e. The van der Waals surface area contributed by atoms with Gasteiger partial charge < -0.3 is 8.92 Å². The average Bonchev–Trinajstić information content (AvgIpc) is 3.12. The van der Waals surface area contributed by atoms with Crippen LogP contribution in [0.25, 0.3) is 17.2 Å². The van der Waals surface area contributed by atoms with Crippen LogP contribution in [0.2, 0.25) is 0 Å². The lowest BCUT2D eigenvalue weighted by atomic mass is 10.1. The van der Waals surface area contributed by atoms with Crippen molar-refractivity contribution in [1.82, 2.24) is 24.4 Å². The number of pyridine rings is 1. The molecule has 0 amide bonds. The molecule has 3 aromatic heterocycles. The molecule has 6 heteroatoms. The van der Waals surface area contributed by atoms with Crippen LogP contribution < -0.4 is 0 Å². The van der Waals surface area contributed by atoms with E-state index in [1.807, 2.05) is 35.0 Å². The predicted octanol–water partition coefficient (Wildman–Crippen LogP) is 2.93. The van der Waals surface area contributed by atoms with Gasteiger partial charge in [-0.2, -0.15) is 4.98 Å². The maximum absolute atomic E-state index is 5.53. The van der Waals surface area contributed by atoms with Crippen LogP contribution in [0, 0.1) is 0 Å². The molecular weight excluding hydrogens is 278 g/mol. The maximum atomic E-state index is 5.53. The molecule has 6 nitrogen and oxygen atoms in total. The van der Waals surface area contributed by atoms with E-state index in [1.165, 1.54) is 19.3 Å². The Hall–Kier alpha value is -2.21. The van der Waals surface area contributed by atoms with Crippen molar-refractivity contribution in [3.63, 3.8) is 0 Å². The molecule has 1 saturated heterocycles. The number of fused-ring (bicyclic) bond motifs is 1. The fourth-order valence-electron chi connectivity index (χ4n) is 3.08. The van der Waals surface area contributed by atoms with Gasteiger partial charge in [0.05, 0.1) is 6.04 Å². The Bertz CT molecular complexity index is 745. The molecule has 0 N–H and O–H groups in total. The highest BCUT2D eigenvalue weighted by Crippen LogP contribution is 2.29. The molecule has 4 rings (SSSR count). The number of aromatic nitrogens is 4. The summed E-state index contributed by atoms with van der Waals surface area (Å²) < 4.78 is 7.49. The third-order valence-electron chi connectivity index (χ3n) is 4.34. The van der Waals surface area contributed by atoms with E-state index in [4.69, 9.17) is 4.52 Å². The number of nitrogens with zero attached hydrogens (tertiary/aromatic N) is 5. The van der Waals surface area contributed by atoms with Crippen LogP contribution in [0.5, 0.6) is 0 Å². The summed E-state index contributed by atoms with van der Waals surface area (Å²) in [7, 11) is 2.13. The van der Waals surface area contributed by atoms with Crippen molar-refractivity contribution in [1.29, 1.82) is 0 Å². The zero-order chi connectivity index (χ0) is 14.9. The summed E-state index contributed by atoms with van der Waals surface area (Å²) in [6.45, 7) is 1.08. The van der Waals surface area contributed by atoms with E-state index >= 15 is 0 Å². The molecule has 0 radical (unpaired) electrons. The Morgan fingerprint density at radius 1 is 1.18 bits per heavy atom. The molecule has 0 spiro atoms. The molecule has 0 bridgehead atoms. The molecule has 1 aliphatic heterocycles. The molecule has 0 aromatic carbocycles. The van der Waals surface area contributed by atoms with E-state index in [0.717, 1.165) is 24.3 Å². The van der Waals surface area contributed by atoms with E-state index < -0.39 is 0 Å². The van der Waals surface area contributed by atoms with Gasteiger partial charge in [0.25, 0.3) is 0 Å². The topological polar surface area (TPSA) is 59.5 Å². The second-order valence-corrected chi connectivity index (χ2v) is 5.89. The highest BCUT2D eigenvalue weighted by molar-refractivity contribution is 5.54. The summed E-state index contributed by atoms with van der Waals surface area (Å²) in [6, 6.07) is 6.12. The lowest BCUT2D eigenvalue weighted by Gasteiger charge is -2.21. The van der Waals surface area contributed by atoms with E-state index in [9.17, 15) is 0 Å². The Morgan fingerprint density at radius 3 is 3.05 bits per heavy atom. The standard InChI is InChI=1S/C16H19N5O/c1-20-9-5-2-3-7-13(20)16-18-15(19-22-16)12-11-21-10-6-4-8-14(21)17-12/h4,6,8,10-11,13H,2-3,5,7,9H2,1H3/t13-/m1/s1. The van der Waals surface area contributed by atoms with E-state index in [1.54, 1.807) is 0 Å². The minimum atomic E-state index is 0.223. The van der Waals surface area contributed by atoms with Gasteiger partial charge >= 0.3 is 0 Å². The summed E-state index contributed by atoms with van der Waals surface area (Å²) in [4.78, 5) is 11.5. The summed E-state index contributed by atoms with van der Waals surface area (Å²) in [5.74, 6) is 1.27. The molecule has 1 atom stereocenters. The summed E-state index contributed by atoms with van der Waals surface area (Å²) in [5.41, 5.74) is 1.63. The predicted molar refractivity (Wildman–Crippen MR) is 82.3 cm³/mol. The number of hydrogen-bond donors (Lipinski definition) is 0. The summed E-state index contributed by atoms with van der Waals surface area (Å²) in [6.07, 6.45) is 8.69. The van der Waals surface area contributed by atoms with Crippen LogP contribution in [0.4, 0.5) is 0 Å². The lowest BCUT2D eigenvalue weighted by Crippen LogP contribution is -2.24. The van der Waals surface area contributed by atoms with E-state index in [2.05, 4.69) is 27.1 Å². The SMILES string of the molecule is CN1CCCCC[C@@H]1c1nc(-c2cn3ccccc3n2)no1.